The first-order chi connectivity index (χ1) is 8.97. The number of carboxylic acid groups (broad SMARTS) is 1. The first-order valence-corrected chi connectivity index (χ1v) is 5.71. The predicted molar refractivity (Wildman–Crippen MR) is 71.4 cm³/mol. The molecule has 0 saturated carbocycles. The van der Waals surface area contributed by atoms with Gasteiger partial charge in [0.2, 0.25) is 0 Å². The van der Waals surface area contributed by atoms with Crippen molar-refractivity contribution in [1.29, 1.82) is 0 Å². The number of hydrogen-bond donors (Lipinski definition) is 4. The van der Waals surface area contributed by atoms with Crippen LogP contribution in [0.25, 0.3) is 0 Å². The van der Waals surface area contributed by atoms with Gasteiger partial charge in [-0.3, -0.25) is 0 Å². The van der Waals surface area contributed by atoms with E-state index < -0.39 is 11.5 Å². The zero-order valence-electron chi connectivity index (χ0n) is 10.6. The van der Waals surface area contributed by atoms with Crippen LogP contribution < -0.4 is 10.6 Å². The maximum Gasteiger partial charge on any atom is 0.328 e. The molecule has 0 aliphatic rings. The molecule has 0 aliphatic carbocycles. The Kier molecular flexibility index (Phi) is 3.37. The van der Waals surface area contributed by atoms with Crippen LogP contribution in [-0.2, 0) is 4.79 Å². The molecule has 7 nitrogen and oxygen atoms in total. The van der Waals surface area contributed by atoms with E-state index >= 15 is 0 Å². The quantitative estimate of drug-likeness (QED) is 0.654. The second kappa shape index (κ2) is 4.97. The number of anilines is 3. The molecule has 2 rings (SSSR count). The Balaban J connectivity index is 2.13. The summed E-state index contributed by atoms with van der Waals surface area (Å²) in [6.07, 6.45) is 4.95. The van der Waals surface area contributed by atoms with Gasteiger partial charge in [-0.15, -0.1) is 0 Å². The van der Waals surface area contributed by atoms with Crippen molar-refractivity contribution in [3.63, 3.8) is 0 Å². The van der Waals surface area contributed by atoms with Crippen molar-refractivity contribution >= 4 is 23.3 Å². The summed E-state index contributed by atoms with van der Waals surface area (Å²) in [7, 11) is 0. The Bertz CT molecular complexity index is 565. The van der Waals surface area contributed by atoms with Crippen molar-refractivity contribution in [2.24, 2.45) is 0 Å². The Morgan fingerprint density at radius 2 is 2.11 bits per heavy atom. The van der Waals surface area contributed by atoms with Crippen LogP contribution in [0.15, 0.2) is 30.9 Å². The van der Waals surface area contributed by atoms with Crippen LogP contribution in [0.1, 0.15) is 13.8 Å². The van der Waals surface area contributed by atoms with E-state index in [0.717, 1.165) is 5.69 Å². The topological polar surface area (TPSA) is 103 Å². The molecular formula is C12H15N5O2. The van der Waals surface area contributed by atoms with E-state index in [0.29, 0.717) is 11.6 Å². The number of nitrogens with zero attached hydrogens (tertiary/aromatic N) is 2. The summed E-state index contributed by atoms with van der Waals surface area (Å²) < 4.78 is 0. The van der Waals surface area contributed by atoms with Crippen LogP contribution in [0.2, 0.25) is 0 Å². The zero-order chi connectivity index (χ0) is 13.9. The van der Waals surface area contributed by atoms with Crippen LogP contribution in [-0.4, -0.2) is 31.6 Å². The fourth-order valence-corrected chi connectivity index (χ4v) is 1.42. The van der Waals surface area contributed by atoms with Gasteiger partial charge in [-0.2, -0.15) is 0 Å². The van der Waals surface area contributed by atoms with Gasteiger partial charge in [-0.1, -0.05) is 0 Å². The number of nitrogens with one attached hydrogen (secondary N) is 3. The number of carboxylic acids is 1. The molecular weight excluding hydrogens is 246 g/mol. The van der Waals surface area contributed by atoms with Gasteiger partial charge in [0.1, 0.15) is 23.5 Å². The number of carbonyl (C=O) groups is 1. The van der Waals surface area contributed by atoms with Crippen molar-refractivity contribution in [2.45, 2.75) is 19.4 Å². The van der Waals surface area contributed by atoms with Crippen LogP contribution >= 0.6 is 0 Å². The first kappa shape index (κ1) is 12.9. The highest BCUT2D eigenvalue weighted by molar-refractivity contribution is 5.81. The number of hydrogen-bond acceptors (Lipinski definition) is 5. The van der Waals surface area contributed by atoms with Crippen molar-refractivity contribution in [3.8, 4) is 0 Å². The molecule has 2 aromatic heterocycles. The molecule has 0 spiro atoms. The monoisotopic (exact) mass is 261 g/mol. The molecule has 0 aromatic carbocycles. The molecule has 2 heterocycles. The standard InChI is InChI=1S/C12H15N5O2/c1-12(2,11(18)19)17-10-5-9(14-7-15-10)16-8-3-4-13-6-8/h3-7,13H,1-2H3,(H,18,19)(H2,14,15,16,17). The summed E-state index contributed by atoms with van der Waals surface area (Å²) in [4.78, 5) is 22.0. The van der Waals surface area contributed by atoms with Crippen molar-refractivity contribution in [3.05, 3.63) is 30.9 Å². The minimum atomic E-state index is -1.10. The highest BCUT2D eigenvalue weighted by atomic mass is 16.4. The third-order valence-corrected chi connectivity index (χ3v) is 2.51. The number of aromatic amines is 1. The van der Waals surface area contributed by atoms with Gasteiger partial charge in [-0.25, -0.2) is 14.8 Å². The summed E-state index contributed by atoms with van der Waals surface area (Å²) in [6, 6.07) is 3.51. The second-order valence-electron chi connectivity index (χ2n) is 4.57. The first-order valence-electron chi connectivity index (χ1n) is 5.71. The fraction of sp³-hybridized carbons (Fsp3) is 0.250. The summed E-state index contributed by atoms with van der Waals surface area (Å²) in [5.41, 5.74) is -0.234. The van der Waals surface area contributed by atoms with E-state index in [1.807, 2.05) is 6.07 Å². The molecule has 7 heteroatoms. The second-order valence-corrected chi connectivity index (χ2v) is 4.57. The third kappa shape index (κ3) is 3.21. The van der Waals surface area contributed by atoms with E-state index in [1.54, 1.807) is 32.3 Å². The average molecular weight is 261 g/mol. The van der Waals surface area contributed by atoms with Gasteiger partial charge in [0.25, 0.3) is 0 Å². The Morgan fingerprint density at radius 1 is 1.37 bits per heavy atom. The van der Waals surface area contributed by atoms with Crippen molar-refractivity contribution in [1.82, 2.24) is 15.0 Å². The summed E-state index contributed by atoms with van der Waals surface area (Å²) in [5.74, 6) is 0.0741. The zero-order valence-corrected chi connectivity index (χ0v) is 10.6. The molecule has 0 unspecified atom stereocenters. The van der Waals surface area contributed by atoms with E-state index in [1.165, 1.54) is 6.33 Å². The maximum absolute atomic E-state index is 11.0. The Morgan fingerprint density at radius 3 is 2.74 bits per heavy atom. The van der Waals surface area contributed by atoms with Gasteiger partial charge < -0.3 is 20.7 Å². The normalized spacial score (nSPS) is 11.1. The fourth-order valence-electron chi connectivity index (χ4n) is 1.42. The molecule has 19 heavy (non-hydrogen) atoms. The highest BCUT2D eigenvalue weighted by Gasteiger charge is 2.27. The Hall–Kier alpha value is -2.57. The van der Waals surface area contributed by atoms with Crippen LogP contribution in [0, 0.1) is 0 Å². The van der Waals surface area contributed by atoms with Gasteiger partial charge in [-0.05, 0) is 19.9 Å². The lowest BCUT2D eigenvalue weighted by atomic mass is 10.1. The molecule has 4 N–H and O–H groups in total. The SMILES string of the molecule is CC(C)(Nc1cc(Nc2cc[nH]c2)ncn1)C(=O)O. The molecule has 2 aromatic rings. The van der Waals surface area contributed by atoms with E-state index in [9.17, 15) is 4.79 Å². The van der Waals surface area contributed by atoms with Crippen LogP contribution in [0.5, 0.6) is 0 Å². The Labute approximate surface area is 110 Å². The summed E-state index contributed by atoms with van der Waals surface area (Å²) >= 11 is 0. The predicted octanol–water partition coefficient (Wildman–Crippen LogP) is 1.82. The molecule has 0 radical (unpaired) electrons. The van der Waals surface area contributed by atoms with Gasteiger partial charge in [0.15, 0.2) is 0 Å². The average Bonchev–Trinajstić information content (AvgIpc) is 2.81. The van der Waals surface area contributed by atoms with E-state index in [4.69, 9.17) is 5.11 Å². The molecule has 0 aliphatic heterocycles. The lowest BCUT2D eigenvalue weighted by Crippen LogP contribution is -2.40. The maximum atomic E-state index is 11.0. The van der Waals surface area contributed by atoms with Gasteiger partial charge >= 0.3 is 5.97 Å². The largest absolute Gasteiger partial charge is 0.480 e. The minimum Gasteiger partial charge on any atom is -0.480 e. The highest BCUT2D eigenvalue weighted by Crippen LogP contribution is 2.18. The number of rotatable bonds is 5. The number of aromatic nitrogens is 3. The lowest BCUT2D eigenvalue weighted by molar-refractivity contribution is -0.141. The van der Waals surface area contributed by atoms with E-state index in [2.05, 4.69) is 25.6 Å². The van der Waals surface area contributed by atoms with Crippen LogP contribution in [0.4, 0.5) is 17.3 Å². The summed E-state index contributed by atoms with van der Waals surface area (Å²) in [6.45, 7) is 3.13. The molecule has 0 fully saturated rings. The van der Waals surface area contributed by atoms with Gasteiger partial charge in [0.05, 0.1) is 5.69 Å². The number of aliphatic carboxylic acids is 1. The molecule has 0 bridgehead atoms. The van der Waals surface area contributed by atoms with Crippen molar-refractivity contribution in [2.75, 3.05) is 10.6 Å². The molecule has 100 valence electrons. The van der Waals surface area contributed by atoms with E-state index in [-0.39, 0.29) is 0 Å². The van der Waals surface area contributed by atoms with Crippen molar-refractivity contribution < 1.29 is 9.90 Å². The molecule has 0 amide bonds. The number of H-pyrrole nitrogens is 1. The molecule has 0 saturated heterocycles. The minimum absolute atomic E-state index is 0.445. The van der Waals surface area contributed by atoms with Gasteiger partial charge in [0, 0.05) is 18.5 Å². The lowest BCUT2D eigenvalue weighted by Gasteiger charge is -2.21. The third-order valence-electron chi connectivity index (χ3n) is 2.51. The smallest absolute Gasteiger partial charge is 0.328 e. The summed E-state index contributed by atoms with van der Waals surface area (Å²) in [5, 5.41) is 15.0. The molecule has 0 atom stereocenters. The van der Waals surface area contributed by atoms with Crippen LogP contribution in [0.3, 0.4) is 0 Å².